The molecule has 1 saturated heterocycles. The smallest absolute Gasteiger partial charge is 0.278 e. The monoisotopic (exact) mass is 397 g/mol. The fourth-order valence-corrected chi connectivity index (χ4v) is 3.87. The van der Waals surface area contributed by atoms with Gasteiger partial charge in [-0.3, -0.25) is 14.6 Å². The summed E-state index contributed by atoms with van der Waals surface area (Å²) < 4.78 is 0.957. The Balaban J connectivity index is 1.68. The van der Waals surface area contributed by atoms with E-state index in [1.54, 1.807) is 0 Å². The summed E-state index contributed by atoms with van der Waals surface area (Å²) in [7, 11) is 0. The molecule has 2 aliphatic rings. The van der Waals surface area contributed by atoms with Gasteiger partial charge in [0.25, 0.3) is 5.91 Å². The third-order valence-corrected chi connectivity index (χ3v) is 5.23. The van der Waals surface area contributed by atoms with Crippen molar-refractivity contribution in [2.24, 2.45) is 4.99 Å². The lowest BCUT2D eigenvalue weighted by Crippen LogP contribution is -2.43. The zero-order valence-corrected chi connectivity index (χ0v) is 15.6. The van der Waals surface area contributed by atoms with Gasteiger partial charge in [0.2, 0.25) is 0 Å². The van der Waals surface area contributed by atoms with Crippen molar-refractivity contribution in [3.8, 4) is 0 Å². The van der Waals surface area contributed by atoms with Crippen molar-refractivity contribution in [2.75, 3.05) is 24.7 Å². The van der Waals surface area contributed by atoms with Crippen molar-refractivity contribution in [3.05, 3.63) is 58.6 Å². The second-order valence-electron chi connectivity index (χ2n) is 6.51. The summed E-state index contributed by atoms with van der Waals surface area (Å²) in [5, 5.41) is 0. The Labute approximate surface area is 156 Å². The van der Waals surface area contributed by atoms with Crippen LogP contribution in [0.3, 0.4) is 0 Å². The van der Waals surface area contributed by atoms with Gasteiger partial charge in [0.15, 0.2) is 0 Å². The lowest BCUT2D eigenvalue weighted by Gasteiger charge is -2.30. The van der Waals surface area contributed by atoms with Gasteiger partial charge in [-0.15, -0.1) is 0 Å². The summed E-state index contributed by atoms with van der Waals surface area (Å²) >= 11 is 3.46. The highest BCUT2D eigenvalue weighted by Gasteiger charge is 2.34. The molecule has 0 spiro atoms. The summed E-state index contributed by atoms with van der Waals surface area (Å²) in [5.74, 6) is -0.00764. The molecule has 2 aromatic carbocycles. The average Bonchev–Trinajstić information content (AvgIpc) is 2.89. The van der Waals surface area contributed by atoms with Gasteiger partial charge < -0.3 is 0 Å². The van der Waals surface area contributed by atoms with Crippen molar-refractivity contribution < 1.29 is 4.79 Å². The quantitative estimate of drug-likeness (QED) is 0.770. The number of likely N-dealkylation sites (tertiary alicyclic amines) is 1. The van der Waals surface area contributed by atoms with E-state index in [1.165, 1.54) is 19.3 Å². The van der Waals surface area contributed by atoms with Gasteiger partial charge in [0.1, 0.15) is 5.71 Å². The highest BCUT2D eigenvalue weighted by Crippen LogP contribution is 2.31. The Hall–Kier alpha value is -1.98. The third-order valence-electron chi connectivity index (χ3n) is 4.74. The van der Waals surface area contributed by atoms with E-state index < -0.39 is 0 Å². The van der Waals surface area contributed by atoms with Gasteiger partial charge in [-0.1, -0.05) is 46.6 Å². The number of para-hydroxylation sites is 1. The van der Waals surface area contributed by atoms with E-state index in [1.807, 2.05) is 53.4 Å². The first-order chi connectivity index (χ1) is 12.2. The van der Waals surface area contributed by atoms with Crippen LogP contribution in [0.5, 0.6) is 0 Å². The molecule has 25 heavy (non-hydrogen) atoms. The van der Waals surface area contributed by atoms with Gasteiger partial charge in [-0.25, -0.2) is 4.99 Å². The van der Waals surface area contributed by atoms with Crippen molar-refractivity contribution >= 4 is 38.9 Å². The van der Waals surface area contributed by atoms with Gasteiger partial charge in [0, 0.05) is 10.0 Å². The molecule has 0 bridgehead atoms. The minimum Gasteiger partial charge on any atom is -0.293 e. The molecule has 0 saturated carbocycles. The molecule has 2 aliphatic heterocycles. The van der Waals surface area contributed by atoms with Crippen molar-refractivity contribution in [2.45, 2.75) is 19.3 Å². The van der Waals surface area contributed by atoms with E-state index >= 15 is 0 Å². The molecule has 0 unspecified atom stereocenters. The summed E-state index contributed by atoms with van der Waals surface area (Å²) in [5.41, 5.74) is 3.20. The highest BCUT2D eigenvalue weighted by molar-refractivity contribution is 9.10. The lowest BCUT2D eigenvalue weighted by molar-refractivity contribution is -0.112. The second-order valence-corrected chi connectivity index (χ2v) is 7.43. The van der Waals surface area contributed by atoms with E-state index in [0.717, 1.165) is 34.5 Å². The first-order valence-corrected chi connectivity index (χ1v) is 9.49. The number of amides is 1. The van der Waals surface area contributed by atoms with E-state index in [2.05, 4.69) is 25.8 Å². The van der Waals surface area contributed by atoms with Gasteiger partial charge >= 0.3 is 0 Å². The number of anilines is 1. The Morgan fingerprint density at radius 3 is 2.60 bits per heavy atom. The second kappa shape index (κ2) is 7.10. The van der Waals surface area contributed by atoms with Crippen LogP contribution in [-0.4, -0.2) is 36.3 Å². The van der Waals surface area contributed by atoms with Crippen LogP contribution in [0.2, 0.25) is 0 Å². The molecule has 4 rings (SSSR count). The summed E-state index contributed by atoms with van der Waals surface area (Å²) in [6, 6.07) is 15.7. The molecule has 1 amide bonds. The molecule has 0 aromatic heterocycles. The van der Waals surface area contributed by atoms with Crippen LogP contribution in [0.25, 0.3) is 0 Å². The summed E-state index contributed by atoms with van der Waals surface area (Å²) in [4.78, 5) is 22.0. The maximum absolute atomic E-state index is 13.1. The zero-order chi connectivity index (χ0) is 17.2. The highest BCUT2D eigenvalue weighted by atomic mass is 79.9. The van der Waals surface area contributed by atoms with Crippen molar-refractivity contribution in [3.63, 3.8) is 0 Å². The maximum Gasteiger partial charge on any atom is 0.278 e. The number of aliphatic imine (C=N–C) groups is 1. The molecule has 0 atom stereocenters. The lowest BCUT2D eigenvalue weighted by atomic mass is 10.1. The molecule has 5 heteroatoms. The maximum atomic E-state index is 13.1. The number of piperidine rings is 1. The first kappa shape index (κ1) is 16.5. The number of benzene rings is 2. The normalized spacial score (nSPS) is 19.5. The number of rotatable bonds is 3. The SMILES string of the molecule is O=C1C(=Nc2cccc(Br)c2)c2ccccc2N1CN1CCCCC1. The van der Waals surface area contributed by atoms with Crippen LogP contribution in [0.1, 0.15) is 24.8 Å². The summed E-state index contributed by atoms with van der Waals surface area (Å²) in [6.45, 7) is 2.77. The average molecular weight is 398 g/mol. The fraction of sp³-hybridized carbons (Fsp3) is 0.300. The molecular weight excluding hydrogens is 378 g/mol. The number of carbonyl (C=O) groups is 1. The van der Waals surface area contributed by atoms with Crippen LogP contribution < -0.4 is 4.90 Å². The molecule has 0 N–H and O–H groups in total. The molecule has 0 aliphatic carbocycles. The number of hydrogen-bond donors (Lipinski definition) is 0. The fourth-order valence-electron chi connectivity index (χ4n) is 3.49. The van der Waals surface area contributed by atoms with Crippen LogP contribution in [0.4, 0.5) is 11.4 Å². The summed E-state index contributed by atoms with van der Waals surface area (Å²) in [6.07, 6.45) is 3.71. The molecular formula is C20H20BrN3O. The number of carbonyl (C=O) groups excluding carboxylic acids is 1. The molecule has 1 fully saturated rings. The number of halogens is 1. The molecule has 4 nitrogen and oxygen atoms in total. The Kier molecular flexibility index (Phi) is 4.68. The zero-order valence-electron chi connectivity index (χ0n) is 14.0. The third kappa shape index (κ3) is 3.39. The van der Waals surface area contributed by atoms with Crippen molar-refractivity contribution in [1.82, 2.24) is 4.90 Å². The number of hydrogen-bond acceptors (Lipinski definition) is 3. The van der Waals surface area contributed by atoms with Gasteiger partial charge in [0.05, 0.1) is 18.0 Å². The molecule has 0 radical (unpaired) electrons. The first-order valence-electron chi connectivity index (χ1n) is 8.70. The number of fused-ring (bicyclic) bond motifs is 1. The van der Waals surface area contributed by atoms with Gasteiger partial charge in [-0.2, -0.15) is 0 Å². The van der Waals surface area contributed by atoms with Crippen LogP contribution >= 0.6 is 15.9 Å². The van der Waals surface area contributed by atoms with Crippen LogP contribution in [-0.2, 0) is 4.79 Å². The Bertz CT molecular complexity index is 827. The minimum atomic E-state index is -0.00764. The largest absolute Gasteiger partial charge is 0.293 e. The standard InChI is InChI=1S/C20H20BrN3O/c21-15-7-6-8-16(13-15)22-19-17-9-2-3-10-18(17)24(20(19)25)14-23-11-4-1-5-12-23/h2-3,6-10,13H,1,4-5,11-12,14H2. The van der Waals surface area contributed by atoms with Crippen LogP contribution in [0, 0.1) is 0 Å². The van der Waals surface area contributed by atoms with Crippen molar-refractivity contribution in [1.29, 1.82) is 0 Å². The Morgan fingerprint density at radius 1 is 1.00 bits per heavy atom. The molecule has 2 heterocycles. The predicted octanol–water partition coefficient (Wildman–Crippen LogP) is 4.36. The van der Waals surface area contributed by atoms with E-state index in [4.69, 9.17) is 0 Å². The van der Waals surface area contributed by atoms with E-state index in [-0.39, 0.29) is 5.91 Å². The number of nitrogens with zero attached hydrogens (tertiary/aromatic N) is 3. The van der Waals surface area contributed by atoms with Gasteiger partial charge in [-0.05, 0) is 50.2 Å². The van der Waals surface area contributed by atoms with Crippen LogP contribution in [0.15, 0.2) is 58.0 Å². The van der Waals surface area contributed by atoms with E-state index in [9.17, 15) is 4.79 Å². The topological polar surface area (TPSA) is 35.9 Å². The Morgan fingerprint density at radius 2 is 1.80 bits per heavy atom. The predicted molar refractivity (Wildman–Crippen MR) is 105 cm³/mol. The molecule has 128 valence electrons. The van der Waals surface area contributed by atoms with E-state index in [0.29, 0.717) is 12.4 Å². The minimum absolute atomic E-state index is 0.00764. The molecule has 2 aromatic rings.